The summed E-state index contributed by atoms with van der Waals surface area (Å²) in [5, 5.41) is 0. The minimum atomic E-state index is 0.0675. The van der Waals surface area contributed by atoms with Gasteiger partial charge in [0.15, 0.2) is 0 Å². The lowest BCUT2D eigenvalue weighted by molar-refractivity contribution is 0.157. The van der Waals surface area contributed by atoms with Crippen molar-refractivity contribution >= 4 is 0 Å². The summed E-state index contributed by atoms with van der Waals surface area (Å²) in [6.45, 7) is 6.67. The van der Waals surface area contributed by atoms with Gasteiger partial charge in [0.1, 0.15) is 11.9 Å². The van der Waals surface area contributed by atoms with Gasteiger partial charge in [0, 0.05) is 12.7 Å². The van der Waals surface area contributed by atoms with E-state index >= 15 is 0 Å². The third kappa shape index (κ3) is 2.70. The lowest BCUT2D eigenvalue weighted by Crippen LogP contribution is -2.32. The van der Waals surface area contributed by atoms with Gasteiger partial charge in [0.25, 0.3) is 0 Å². The van der Waals surface area contributed by atoms with E-state index in [0.29, 0.717) is 12.5 Å². The first-order valence-electron chi connectivity index (χ1n) is 4.93. The van der Waals surface area contributed by atoms with Crippen LogP contribution in [0.3, 0.4) is 0 Å². The highest BCUT2D eigenvalue weighted by Gasteiger charge is 2.13. The lowest BCUT2D eigenvalue weighted by atomic mass is 10.1. The molecule has 0 aliphatic heterocycles. The average Bonchev–Trinajstić information content (AvgIpc) is 2.16. The minimum absolute atomic E-state index is 0.0675. The maximum Gasteiger partial charge on any atom is 0.140 e. The third-order valence-corrected chi connectivity index (χ3v) is 2.21. The van der Waals surface area contributed by atoms with Gasteiger partial charge in [0.2, 0.25) is 0 Å². The van der Waals surface area contributed by atoms with E-state index in [1.165, 1.54) is 0 Å². The standard InChI is InChI=1S/C11H18N2O/c1-8(2)11(7-12)14-10-5-4-6-13-9(10)3/h4-6,8,11H,7,12H2,1-3H3. The largest absolute Gasteiger partial charge is 0.487 e. The summed E-state index contributed by atoms with van der Waals surface area (Å²) in [6.07, 6.45) is 1.83. The van der Waals surface area contributed by atoms with Crippen molar-refractivity contribution in [2.45, 2.75) is 26.9 Å². The van der Waals surface area contributed by atoms with Crippen LogP contribution < -0.4 is 10.5 Å². The third-order valence-electron chi connectivity index (χ3n) is 2.21. The van der Waals surface area contributed by atoms with Crippen molar-refractivity contribution in [1.29, 1.82) is 0 Å². The summed E-state index contributed by atoms with van der Waals surface area (Å²) in [7, 11) is 0. The fraction of sp³-hybridized carbons (Fsp3) is 0.545. The Morgan fingerprint density at radius 2 is 2.21 bits per heavy atom. The molecule has 14 heavy (non-hydrogen) atoms. The van der Waals surface area contributed by atoms with Gasteiger partial charge in [-0.05, 0) is 25.0 Å². The molecule has 0 saturated carbocycles. The van der Waals surface area contributed by atoms with E-state index in [2.05, 4.69) is 18.8 Å². The second kappa shape index (κ2) is 4.96. The summed E-state index contributed by atoms with van der Waals surface area (Å²) in [6, 6.07) is 3.80. The lowest BCUT2D eigenvalue weighted by Gasteiger charge is -2.21. The first kappa shape index (κ1) is 11.0. The highest BCUT2D eigenvalue weighted by molar-refractivity contribution is 5.25. The van der Waals surface area contributed by atoms with Crippen LogP contribution in [0.15, 0.2) is 18.3 Å². The number of hydrogen-bond acceptors (Lipinski definition) is 3. The molecule has 3 nitrogen and oxygen atoms in total. The summed E-state index contributed by atoms with van der Waals surface area (Å²) >= 11 is 0. The Labute approximate surface area is 85.3 Å². The molecular weight excluding hydrogens is 176 g/mol. The molecule has 3 heteroatoms. The molecule has 1 rings (SSSR count). The smallest absolute Gasteiger partial charge is 0.140 e. The van der Waals surface area contributed by atoms with Gasteiger partial charge < -0.3 is 10.5 Å². The zero-order valence-corrected chi connectivity index (χ0v) is 9.03. The van der Waals surface area contributed by atoms with E-state index in [9.17, 15) is 0 Å². The first-order valence-corrected chi connectivity index (χ1v) is 4.93. The molecule has 0 aliphatic carbocycles. The van der Waals surface area contributed by atoms with Crippen molar-refractivity contribution in [2.75, 3.05) is 6.54 Å². The number of ether oxygens (including phenoxy) is 1. The Kier molecular flexibility index (Phi) is 3.89. The number of nitrogens with zero attached hydrogens (tertiary/aromatic N) is 1. The first-order chi connectivity index (χ1) is 6.65. The fourth-order valence-electron chi connectivity index (χ4n) is 1.21. The zero-order valence-electron chi connectivity index (χ0n) is 9.03. The number of aromatic nitrogens is 1. The summed E-state index contributed by atoms with van der Waals surface area (Å²) < 4.78 is 5.77. The van der Waals surface area contributed by atoms with E-state index in [1.807, 2.05) is 19.1 Å². The van der Waals surface area contributed by atoms with E-state index in [1.54, 1.807) is 6.20 Å². The van der Waals surface area contributed by atoms with Crippen LogP contribution in [0.2, 0.25) is 0 Å². The molecule has 0 spiro atoms. The normalized spacial score (nSPS) is 12.9. The highest BCUT2D eigenvalue weighted by atomic mass is 16.5. The number of nitrogens with two attached hydrogens (primary N) is 1. The molecule has 1 heterocycles. The molecule has 0 saturated heterocycles. The molecule has 78 valence electrons. The summed E-state index contributed by atoms with van der Waals surface area (Å²) in [4.78, 5) is 4.16. The Bertz CT molecular complexity index is 286. The number of rotatable bonds is 4. The zero-order chi connectivity index (χ0) is 10.6. The van der Waals surface area contributed by atoms with Gasteiger partial charge in [0.05, 0.1) is 5.69 Å². The second-order valence-electron chi connectivity index (χ2n) is 3.72. The molecule has 0 aromatic carbocycles. The molecule has 0 amide bonds. The molecule has 1 unspecified atom stereocenters. The van der Waals surface area contributed by atoms with Gasteiger partial charge in [-0.15, -0.1) is 0 Å². The van der Waals surface area contributed by atoms with Gasteiger partial charge in [-0.25, -0.2) is 0 Å². The van der Waals surface area contributed by atoms with Crippen LogP contribution in [0.1, 0.15) is 19.5 Å². The molecule has 2 N–H and O–H groups in total. The SMILES string of the molecule is Cc1ncccc1OC(CN)C(C)C. The quantitative estimate of drug-likeness (QED) is 0.794. The average molecular weight is 194 g/mol. The van der Waals surface area contributed by atoms with Gasteiger partial charge in [-0.2, -0.15) is 0 Å². The number of pyridine rings is 1. The summed E-state index contributed by atoms with van der Waals surface area (Å²) in [5.74, 6) is 1.25. The van der Waals surface area contributed by atoms with Crippen LogP contribution in [0.5, 0.6) is 5.75 Å². The van der Waals surface area contributed by atoms with Gasteiger partial charge in [-0.1, -0.05) is 13.8 Å². The summed E-state index contributed by atoms with van der Waals surface area (Å²) in [5.41, 5.74) is 6.54. The van der Waals surface area contributed by atoms with Crippen molar-refractivity contribution in [3.05, 3.63) is 24.0 Å². The molecule has 1 atom stereocenters. The van der Waals surface area contributed by atoms with Gasteiger partial charge >= 0.3 is 0 Å². The van der Waals surface area contributed by atoms with E-state index in [-0.39, 0.29) is 6.10 Å². The Morgan fingerprint density at radius 3 is 2.71 bits per heavy atom. The molecule has 0 fully saturated rings. The maximum absolute atomic E-state index is 5.77. The minimum Gasteiger partial charge on any atom is -0.487 e. The van der Waals surface area contributed by atoms with Crippen LogP contribution >= 0.6 is 0 Å². The molecule has 0 aliphatic rings. The predicted octanol–water partition coefficient (Wildman–Crippen LogP) is 1.75. The highest BCUT2D eigenvalue weighted by Crippen LogP contribution is 2.17. The molecule has 1 aromatic heterocycles. The molecule has 0 radical (unpaired) electrons. The topological polar surface area (TPSA) is 48.1 Å². The Hall–Kier alpha value is -1.09. The molecule has 1 aromatic rings. The Morgan fingerprint density at radius 1 is 1.50 bits per heavy atom. The van der Waals surface area contributed by atoms with E-state index < -0.39 is 0 Å². The van der Waals surface area contributed by atoms with Crippen LogP contribution in [0.4, 0.5) is 0 Å². The van der Waals surface area contributed by atoms with Crippen LogP contribution in [0, 0.1) is 12.8 Å². The predicted molar refractivity (Wildman–Crippen MR) is 57.3 cm³/mol. The fourth-order valence-corrected chi connectivity index (χ4v) is 1.21. The van der Waals surface area contributed by atoms with Crippen LogP contribution in [-0.4, -0.2) is 17.6 Å². The maximum atomic E-state index is 5.77. The van der Waals surface area contributed by atoms with Crippen molar-refractivity contribution in [1.82, 2.24) is 4.98 Å². The van der Waals surface area contributed by atoms with Crippen molar-refractivity contribution in [2.24, 2.45) is 11.7 Å². The Balaban J connectivity index is 2.72. The molecular formula is C11H18N2O. The number of hydrogen-bond donors (Lipinski definition) is 1. The van der Waals surface area contributed by atoms with E-state index in [4.69, 9.17) is 10.5 Å². The second-order valence-corrected chi connectivity index (χ2v) is 3.72. The van der Waals surface area contributed by atoms with Gasteiger partial charge in [-0.3, -0.25) is 4.98 Å². The van der Waals surface area contributed by atoms with E-state index in [0.717, 1.165) is 11.4 Å². The van der Waals surface area contributed by atoms with Crippen molar-refractivity contribution in [3.8, 4) is 5.75 Å². The van der Waals surface area contributed by atoms with Crippen molar-refractivity contribution in [3.63, 3.8) is 0 Å². The van der Waals surface area contributed by atoms with Crippen LogP contribution in [0.25, 0.3) is 0 Å². The monoisotopic (exact) mass is 194 g/mol. The molecule has 0 bridgehead atoms. The van der Waals surface area contributed by atoms with Crippen molar-refractivity contribution < 1.29 is 4.74 Å². The van der Waals surface area contributed by atoms with Crippen LogP contribution in [-0.2, 0) is 0 Å². The number of aryl methyl sites for hydroxylation is 1.